The van der Waals surface area contributed by atoms with Crippen LogP contribution in [0.3, 0.4) is 0 Å². The Labute approximate surface area is 151 Å². The Bertz CT molecular complexity index is 256. The lowest BCUT2D eigenvalue weighted by atomic mass is 9.92. The molecule has 0 saturated carbocycles. The summed E-state index contributed by atoms with van der Waals surface area (Å²) in [5.41, 5.74) is 2.88. The second-order valence-electron chi connectivity index (χ2n) is 7.19. The molecule has 0 saturated heterocycles. The van der Waals surface area contributed by atoms with E-state index in [1.807, 2.05) is 0 Å². The van der Waals surface area contributed by atoms with Crippen molar-refractivity contribution in [2.24, 2.45) is 0 Å². The van der Waals surface area contributed by atoms with Crippen LogP contribution in [0.5, 0.6) is 0 Å². The second kappa shape index (κ2) is 19.0. The molecular weight excluding hydrogens is 296 g/mol. The van der Waals surface area contributed by atoms with Gasteiger partial charge in [-0.1, -0.05) is 89.2 Å². The Kier molecular flexibility index (Phi) is 18.7. The van der Waals surface area contributed by atoms with Gasteiger partial charge in [0.2, 0.25) is 0 Å². The second-order valence-corrected chi connectivity index (χ2v) is 7.19. The molecule has 0 aliphatic heterocycles. The Balaban J connectivity index is 4.25. The van der Waals surface area contributed by atoms with Crippen molar-refractivity contribution in [2.75, 3.05) is 13.2 Å². The quantitative estimate of drug-likeness (QED) is 0.219. The predicted molar refractivity (Wildman–Crippen MR) is 106 cm³/mol. The molecule has 0 spiro atoms. The van der Waals surface area contributed by atoms with Gasteiger partial charge in [-0.3, -0.25) is 0 Å². The largest absolute Gasteiger partial charge is 0.396 e. The van der Waals surface area contributed by atoms with Crippen molar-refractivity contribution in [3.8, 4) is 0 Å². The third-order valence-electron chi connectivity index (χ3n) is 4.99. The van der Waals surface area contributed by atoms with Gasteiger partial charge in [0.1, 0.15) is 0 Å². The molecule has 144 valence electrons. The van der Waals surface area contributed by atoms with Crippen LogP contribution in [0.15, 0.2) is 11.1 Å². The fourth-order valence-corrected chi connectivity index (χ4v) is 3.46. The Morgan fingerprint density at radius 2 is 0.792 bits per heavy atom. The minimum Gasteiger partial charge on any atom is -0.396 e. The third-order valence-corrected chi connectivity index (χ3v) is 4.99. The molecule has 24 heavy (non-hydrogen) atoms. The molecule has 0 fully saturated rings. The normalized spacial score (nSPS) is 12.5. The minimum absolute atomic E-state index is 0.247. The van der Waals surface area contributed by atoms with E-state index in [4.69, 9.17) is 0 Å². The Hall–Kier alpha value is -0.340. The van der Waals surface area contributed by atoms with Crippen LogP contribution in [0.2, 0.25) is 0 Å². The fourth-order valence-electron chi connectivity index (χ4n) is 3.46. The van der Waals surface area contributed by atoms with Crippen LogP contribution in [0, 0.1) is 0 Å². The Morgan fingerprint density at radius 1 is 0.458 bits per heavy atom. The average molecular weight is 341 g/mol. The molecule has 2 N–H and O–H groups in total. The summed E-state index contributed by atoms with van der Waals surface area (Å²) in [6.07, 6.45) is 19.7. The number of rotatable bonds is 18. The minimum atomic E-state index is 0.247. The highest BCUT2D eigenvalue weighted by Crippen LogP contribution is 2.24. The van der Waals surface area contributed by atoms with Crippen molar-refractivity contribution in [2.45, 2.75) is 117 Å². The molecule has 2 nitrogen and oxygen atoms in total. The lowest BCUT2D eigenvalue weighted by Gasteiger charge is -2.15. The molecule has 0 rings (SSSR count). The summed E-state index contributed by atoms with van der Waals surface area (Å²) in [4.78, 5) is 0. The van der Waals surface area contributed by atoms with Gasteiger partial charge in [0.25, 0.3) is 0 Å². The van der Waals surface area contributed by atoms with E-state index in [0.29, 0.717) is 0 Å². The molecule has 0 aromatic carbocycles. The molecule has 0 atom stereocenters. The first-order valence-corrected chi connectivity index (χ1v) is 10.7. The molecule has 0 unspecified atom stereocenters. The summed E-state index contributed by atoms with van der Waals surface area (Å²) in [6, 6.07) is 0. The van der Waals surface area contributed by atoms with Gasteiger partial charge >= 0.3 is 0 Å². The number of aliphatic hydroxyl groups excluding tert-OH is 2. The summed E-state index contributed by atoms with van der Waals surface area (Å²) in [5.74, 6) is 0. The molecule has 0 aliphatic rings. The first kappa shape index (κ1) is 23.7. The van der Waals surface area contributed by atoms with Crippen LogP contribution >= 0.6 is 0 Å². The number of unbranched alkanes of at least 4 members (excludes halogenated alkanes) is 10. The van der Waals surface area contributed by atoms with Crippen molar-refractivity contribution < 1.29 is 10.2 Å². The maximum Gasteiger partial charge on any atom is 0.0468 e. The van der Waals surface area contributed by atoms with Gasteiger partial charge in [0.05, 0.1) is 0 Å². The molecule has 0 bridgehead atoms. The van der Waals surface area contributed by atoms with Crippen LogP contribution in [-0.2, 0) is 0 Å². The van der Waals surface area contributed by atoms with Gasteiger partial charge in [0.15, 0.2) is 0 Å². The predicted octanol–water partition coefficient (Wildman–Crippen LogP) is 6.55. The molecule has 0 aliphatic carbocycles. The number of hydrogen-bond donors (Lipinski definition) is 2. The smallest absolute Gasteiger partial charge is 0.0468 e. The van der Waals surface area contributed by atoms with E-state index in [-0.39, 0.29) is 13.2 Å². The molecule has 0 amide bonds. The summed E-state index contributed by atoms with van der Waals surface area (Å²) >= 11 is 0. The molecule has 0 aromatic heterocycles. The maximum atomic E-state index is 9.40. The highest BCUT2D eigenvalue weighted by atomic mass is 16.3. The van der Waals surface area contributed by atoms with E-state index < -0.39 is 0 Å². The summed E-state index contributed by atoms with van der Waals surface area (Å²) < 4.78 is 0. The van der Waals surface area contributed by atoms with Crippen molar-refractivity contribution in [3.05, 3.63) is 11.1 Å². The molecule has 0 radical (unpaired) electrons. The standard InChI is InChI=1S/C22H44O2/c1-3-5-7-9-11-13-15-21(17-19-23)22(18-20-24)16-14-12-10-8-6-4-2/h23-24H,3-20H2,1-2H3. The summed E-state index contributed by atoms with van der Waals surface area (Å²) in [6.45, 7) is 5.00. The van der Waals surface area contributed by atoms with Gasteiger partial charge in [-0.25, -0.2) is 0 Å². The van der Waals surface area contributed by atoms with E-state index in [9.17, 15) is 10.2 Å². The van der Waals surface area contributed by atoms with Gasteiger partial charge in [-0.15, -0.1) is 0 Å². The highest BCUT2D eigenvalue weighted by Gasteiger charge is 2.07. The highest BCUT2D eigenvalue weighted by molar-refractivity contribution is 5.15. The zero-order valence-corrected chi connectivity index (χ0v) is 16.6. The molecular formula is C22H44O2. The van der Waals surface area contributed by atoms with Crippen LogP contribution in [0.25, 0.3) is 0 Å². The monoisotopic (exact) mass is 340 g/mol. The molecule has 0 heterocycles. The molecule has 0 aromatic rings. The van der Waals surface area contributed by atoms with E-state index >= 15 is 0 Å². The van der Waals surface area contributed by atoms with Crippen molar-refractivity contribution >= 4 is 0 Å². The average Bonchev–Trinajstić information content (AvgIpc) is 2.59. The topological polar surface area (TPSA) is 40.5 Å². The van der Waals surface area contributed by atoms with E-state index in [0.717, 1.165) is 25.7 Å². The van der Waals surface area contributed by atoms with E-state index in [1.165, 1.54) is 88.2 Å². The van der Waals surface area contributed by atoms with Crippen LogP contribution in [0.4, 0.5) is 0 Å². The van der Waals surface area contributed by atoms with Crippen molar-refractivity contribution in [1.82, 2.24) is 0 Å². The van der Waals surface area contributed by atoms with Gasteiger partial charge < -0.3 is 10.2 Å². The van der Waals surface area contributed by atoms with Crippen LogP contribution in [0.1, 0.15) is 117 Å². The van der Waals surface area contributed by atoms with Crippen molar-refractivity contribution in [1.29, 1.82) is 0 Å². The maximum absolute atomic E-state index is 9.40. The summed E-state index contributed by atoms with van der Waals surface area (Å²) in [7, 11) is 0. The van der Waals surface area contributed by atoms with Gasteiger partial charge in [-0.2, -0.15) is 0 Å². The summed E-state index contributed by atoms with van der Waals surface area (Å²) in [5, 5.41) is 18.8. The van der Waals surface area contributed by atoms with E-state index in [1.54, 1.807) is 0 Å². The Morgan fingerprint density at radius 3 is 1.12 bits per heavy atom. The van der Waals surface area contributed by atoms with Gasteiger partial charge in [-0.05, 0) is 38.5 Å². The first-order chi connectivity index (χ1) is 11.8. The lowest BCUT2D eigenvalue weighted by molar-refractivity contribution is 0.289. The fraction of sp³-hybridized carbons (Fsp3) is 0.909. The SMILES string of the molecule is CCCCCCCCC(CCO)=C(CCO)CCCCCCCC. The first-order valence-electron chi connectivity index (χ1n) is 10.7. The number of hydrogen-bond acceptors (Lipinski definition) is 2. The van der Waals surface area contributed by atoms with E-state index in [2.05, 4.69) is 13.8 Å². The third kappa shape index (κ3) is 14.0. The van der Waals surface area contributed by atoms with Crippen LogP contribution < -0.4 is 0 Å². The zero-order valence-electron chi connectivity index (χ0n) is 16.6. The molecule has 2 heteroatoms. The number of aliphatic hydroxyl groups is 2. The van der Waals surface area contributed by atoms with Crippen LogP contribution in [-0.4, -0.2) is 23.4 Å². The van der Waals surface area contributed by atoms with Gasteiger partial charge in [0, 0.05) is 13.2 Å². The zero-order chi connectivity index (χ0) is 17.9. The lowest BCUT2D eigenvalue weighted by Crippen LogP contribution is -2.00. The van der Waals surface area contributed by atoms with Crippen molar-refractivity contribution in [3.63, 3.8) is 0 Å².